The van der Waals surface area contributed by atoms with Crippen molar-refractivity contribution in [3.63, 3.8) is 0 Å². The van der Waals surface area contributed by atoms with Crippen molar-refractivity contribution in [2.75, 3.05) is 12.9 Å². The maximum Gasteiger partial charge on any atom is 0.264 e. The van der Waals surface area contributed by atoms with E-state index in [-0.39, 0.29) is 12.2 Å². The molecule has 0 fully saturated rings. The van der Waals surface area contributed by atoms with Crippen LogP contribution in [0.25, 0.3) is 16.6 Å². The van der Waals surface area contributed by atoms with Crippen LogP contribution in [0.5, 0.6) is 5.75 Å². The van der Waals surface area contributed by atoms with Crippen molar-refractivity contribution in [3.8, 4) is 11.4 Å². The smallest absolute Gasteiger partial charge is 0.264 e. The number of aromatic nitrogens is 2. The Labute approximate surface area is 186 Å². The summed E-state index contributed by atoms with van der Waals surface area (Å²) in [6.07, 6.45) is 3.09. The van der Waals surface area contributed by atoms with Gasteiger partial charge >= 0.3 is 0 Å². The topological polar surface area (TPSA) is 87.5 Å². The fourth-order valence-corrected chi connectivity index (χ4v) is 3.63. The number of hydrogen-bond donors (Lipinski definition) is 0. The molecule has 0 aliphatic heterocycles. The molecule has 0 N–H and O–H groups in total. The monoisotopic (exact) mass is 450 g/mol. The Morgan fingerprint density at radius 2 is 1.78 bits per heavy atom. The Morgan fingerprint density at radius 3 is 2.53 bits per heavy atom. The van der Waals surface area contributed by atoms with Crippen molar-refractivity contribution < 1.29 is 17.3 Å². The van der Waals surface area contributed by atoms with Crippen LogP contribution in [0.1, 0.15) is 11.3 Å². The van der Waals surface area contributed by atoms with Crippen LogP contribution in [-0.4, -0.2) is 30.8 Å². The normalized spacial score (nSPS) is 11.5. The molecule has 0 unspecified atom stereocenters. The number of nitrogens with zero attached hydrogens (tertiary/aromatic N) is 2. The van der Waals surface area contributed by atoms with Crippen LogP contribution in [0.2, 0.25) is 0 Å². The molecule has 0 aliphatic rings. The van der Waals surface area contributed by atoms with E-state index in [4.69, 9.17) is 8.92 Å². The molecule has 2 aromatic heterocycles. The summed E-state index contributed by atoms with van der Waals surface area (Å²) in [5.41, 5.74) is 3.03. The van der Waals surface area contributed by atoms with Gasteiger partial charge in [0.2, 0.25) is 0 Å². The Kier molecular flexibility index (Phi) is 6.34. The van der Waals surface area contributed by atoms with Crippen LogP contribution in [0.15, 0.2) is 83.8 Å². The average molecular weight is 451 g/mol. The van der Waals surface area contributed by atoms with E-state index < -0.39 is 10.1 Å². The third kappa shape index (κ3) is 5.60. The molecule has 4 aromatic rings. The molecule has 0 saturated carbocycles. The number of rotatable bonds is 8. The molecule has 0 amide bonds. The zero-order valence-corrected chi connectivity index (χ0v) is 18.3. The number of pyridine rings is 2. The average Bonchev–Trinajstić information content (AvgIpc) is 2.77. The number of fused-ring (bicyclic) bond motifs is 1. The fraction of sp³-hybridized carbons (Fsp3) is 0.167. The first-order valence-corrected chi connectivity index (χ1v) is 11.8. The largest absolute Gasteiger partial charge is 0.489 e. The maximum absolute atomic E-state index is 12.6. The molecule has 7 nitrogen and oxygen atoms in total. The third-order valence-electron chi connectivity index (χ3n) is 4.80. The van der Waals surface area contributed by atoms with E-state index >= 15 is 0 Å². The highest BCUT2D eigenvalue weighted by atomic mass is 32.2. The predicted octanol–water partition coefficient (Wildman–Crippen LogP) is 3.48. The van der Waals surface area contributed by atoms with Crippen LogP contribution < -0.4 is 10.3 Å². The third-order valence-corrected chi connectivity index (χ3v) is 5.40. The Morgan fingerprint density at radius 1 is 0.969 bits per heavy atom. The molecular formula is C24H22N2O5S. The SMILES string of the molecule is CS(=O)(=O)OCCc1ccc2cc(-n3ccc(OCc4ccccc4)cc3=O)ccc2n1. The van der Waals surface area contributed by atoms with E-state index in [2.05, 4.69) is 4.98 Å². The lowest BCUT2D eigenvalue weighted by Crippen LogP contribution is -2.16. The molecule has 0 radical (unpaired) electrons. The van der Waals surface area contributed by atoms with Gasteiger partial charge in [0, 0.05) is 35.5 Å². The van der Waals surface area contributed by atoms with E-state index in [9.17, 15) is 13.2 Å². The summed E-state index contributed by atoms with van der Waals surface area (Å²) < 4.78 is 34.2. The highest BCUT2D eigenvalue weighted by Crippen LogP contribution is 2.18. The van der Waals surface area contributed by atoms with Crippen LogP contribution in [0, 0.1) is 0 Å². The molecule has 164 valence electrons. The van der Waals surface area contributed by atoms with Crippen LogP contribution >= 0.6 is 0 Å². The second-order valence-corrected chi connectivity index (χ2v) is 8.94. The Hall–Kier alpha value is -3.49. The van der Waals surface area contributed by atoms with Crippen LogP contribution in [0.4, 0.5) is 0 Å². The highest BCUT2D eigenvalue weighted by molar-refractivity contribution is 7.85. The maximum atomic E-state index is 12.6. The predicted molar refractivity (Wildman–Crippen MR) is 123 cm³/mol. The van der Waals surface area contributed by atoms with Gasteiger partial charge in [-0.25, -0.2) is 0 Å². The lowest BCUT2D eigenvalue weighted by molar-refractivity contribution is 0.305. The van der Waals surface area contributed by atoms with Crippen molar-refractivity contribution in [2.24, 2.45) is 0 Å². The van der Waals surface area contributed by atoms with E-state index in [1.54, 1.807) is 16.8 Å². The minimum atomic E-state index is -3.47. The van der Waals surface area contributed by atoms with Crippen molar-refractivity contribution in [1.82, 2.24) is 9.55 Å². The molecule has 0 atom stereocenters. The first-order chi connectivity index (χ1) is 15.4. The van der Waals surface area contributed by atoms with E-state index in [1.807, 2.05) is 60.7 Å². The van der Waals surface area contributed by atoms with Gasteiger partial charge in [-0.1, -0.05) is 36.4 Å². The summed E-state index contributed by atoms with van der Waals surface area (Å²) >= 11 is 0. The number of benzene rings is 2. The standard InChI is InChI=1S/C24H22N2O5S/c1-32(28,29)31-14-12-20-8-7-19-15-21(9-10-23(19)25-20)26-13-11-22(16-24(26)27)30-17-18-5-3-2-4-6-18/h2-11,13,15-16H,12,14,17H2,1H3. The minimum absolute atomic E-state index is 0.0451. The fourth-order valence-electron chi connectivity index (χ4n) is 3.25. The molecular weight excluding hydrogens is 428 g/mol. The summed E-state index contributed by atoms with van der Waals surface area (Å²) in [6.45, 7) is 0.438. The molecule has 0 aliphatic carbocycles. The molecule has 2 aromatic carbocycles. The highest BCUT2D eigenvalue weighted by Gasteiger charge is 2.07. The number of hydrogen-bond acceptors (Lipinski definition) is 6. The molecule has 32 heavy (non-hydrogen) atoms. The van der Waals surface area contributed by atoms with Gasteiger partial charge < -0.3 is 4.74 Å². The summed E-state index contributed by atoms with van der Waals surface area (Å²) in [5.74, 6) is 0.513. The van der Waals surface area contributed by atoms with Gasteiger partial charge in [0.1, 0.15) is 12.4 Å². The first-order valence-electron chi connectivity index (χ1n) is 10.0. The Bertz CT molecular complexity index is 1400. The lowest BCUT2D eigenvalue weighted by Gasteiger charge is -2.10. The number of ether oxygens (including phenoxy) is 1. The van der Waals surface area contributed by atoms with Crippen molar-refractivity contribution in [2.45, 2.75) is 13.0 Å². The Balaban J connectivity index is 1.49. The van der Waals surface area contributed by atoms with Gasteiger partial charge in [0.15, 0.2) is 0 Å². The summed E-state index contributed by atoms with van der Waals surface area (Å²) in [5, 5.41) is 0.867. The van der Waals surface area contributed by atoms with E-state index in [0.29, 0.717) is 24.5 Å². The first kappa shape index (κ1) is 21.7. The van der Waals surface area contributed by atoms with Gasteiger partial charge in [0.05, 0.1) is 18.4 Å². The minimum Gasteiger partial charge on any atom is -0.489 e. The second-order valence-electron chi connectivity index (χ2n) is 7.30. The van der Waals surface area contributed by atoms with E-state index in [0.717, 1.165) is 28.4 Å². The summed E-state index contributed by atoms with van der Waals surface area (Å²) in [7, 11) is -3.47. The second kappa shape index (κ2) is 9.33. The summed E-state index contributed by atoms with van der Waals surface area (Å²) in [6, 6.07) is 22.2. The van der Waals surface area contributed by atoms with Gasteiger partial charge in [-0.05, 0) is 35.9 Å². The van der Waals surface area contributed by atoms with Gasteiger partial charge in [-0.2, -0.15) is 8.42 Å². The summed E-state index contributed by atoms with van der Waals surface area (Å²) in [4.78, 5) is 17.2. The molecule has 2 heterocycles. The zero-order valence-electron chi connectivity index (χ0n) is 17.5. The van der Waals surface area contributed by atoms with Crippen LogP contribution in [0.3, 0.4) is 0 Å². The molecule has 0 bridgehead atoms. The molecule has 8 heteroatoms. The lowest BCUT2D eigenvalue weighted by atomic mass is 10.1. The quantitative estimate of drug-likeness (QED) is 0.382. The molecule has 0 spiro atoms. The van der Waals surface area contributed by atoms with Crippen LogP contribution in [-0.2, 0) is 27.3 Å². The van der Waals surface area contributed by atoms with Crippen molar-refractivity contribution in [3.05, 3.63) is 101 Å². The van der Waals surface area contributed by atoms with Crippen molar-refractivity contribution in [1.29, 1.82) is 0 Å². The van der Waals surface area contributed by atoms with Gasteiger partial charge in [-0.15, -0.1) is 0 Å². The van der Waals surface area contributed by atoms with Gasteiger partial charge in [0.25, 0.3) is 15.7 Å². The molecule has 0 saturated heterocycles. The van der Waals surface area contributed by atoms with Crippen molar-refractivity contribution >= 4 is 21.0 Å². The van der Waals surface area contributed by atoms with Gasteiger partial charge in [-0.3, -0.25) is 18.5 Å². The van der Waals surface area contributed by atoms with E-state index in [1.165, 1.54) is 6.07 Å². The molecule has 4 rings (SSSR count). The zero-order chi connectivity index (χ0) is 22.6.